The van der Waals surface area contributed by atoms with Crippen LogP contribution in [0, 0.1) is 11.8 Å². The van der Waals surface area contributed by atoms with E-state index in [1.54, 1.807) is 6.20 Å². The quantitative estimate of drug-likeness (QED) is 0.926. The largest absolute Gasteiger partial charge is 0.380 e. The minimum Gasteiger partial charge on any atom is -0.380 e. The van der Waals surface area contributed by atoms with E-state index in [-0.39, 0.29) is 5.56 Å². The van der Waals surface area contributed by atoms with E-state index in [0.29, 0.717) is 17.1 Å². The molecule has 0 radical (unpaired) electrons. The molecule has 5 heteroatoms. The zero-order valence-electron chi connectivity index (χ0n) is 11.8. The lowest BCUT2D eigenvalue weighted by Gasteiger charge is -2.33. The minimum atomic E-state index is -0.0651. The molecule has 0 aliphatic heterocycles. The number of hydrogen-bond acceptors (Lipinski definition) is 3. The fourth-order valence-electron chi connectivity index (χ4n) is 2.69. The summed E-state index contributed by atoms with van der Waals surface area (Å²) in [7, 11) is 0. The Morgan fingerprint density at radius 3 is 2.79 bits per heavy atom. The molecule has 3 unspecified atom stereocenters. The Bertz CT molecular complexity index is 500. The molecule has 0 spiro atoms. The summed E-state index contributed by atoms with van der Waals surface area (Å²) in [5, 5.41) is 7.64. The van der Waals surface area contributed by atoms with Crippen LogP contribution in [0.5, 0.6) is 0 Å². The van der Waals surface area contributed by atoms with Crippen molar-refractivity contribution in [1.82, 2.24) is 9.78 Å². The summed E-state index contributed by atoms with van der Waals surface area (Å²) in [6, 6.07) is 0.446. The second-order valence-corrected chi connectivity index (χ2v) is 6.40. The minimum absolute atomic E-state index is 0.0651. The average Bonchev–Trinajstić information content (AvgIpc) is 2.40. The number of halogens is 1. The molecule has 0 saturated heterocycles. The molecule has 106 valence electrons. The van der Waals surface area contributed by atoms with Crippen LogP contribution in [-0.4, -0.2) is 15.8 Å². The van der Waals surface area contributed by atoms with Crippen LogP contribution in [0.25, 0.3) is 0 Å². The van der Waals surface area contributed by atoms with Crippen molar-refractivity contribution in [3.63, 3.8) is 0 Å². The third kappa shape index (κ3) is 3.19. The molecule has 1 heterocycles. The topological polar surface area (TPSA) is 46.9 Å². The van der Waals surface area contributed by atoms with Gasteiger partial charge in [-0.1, -0.05) is 13.8 Å². The third-order valence-corrected chi connectivity index (χ3v) is 5.01. The lowest BCUT2D eigenvalue weighted by Crippen LogP contribution is -2.32. The Kier molecular flexibility index (Phi) is 4.66. The van der Waals surface area contributed by atoms with Gasteiger partial charge >= 0.3 is 0 Å². The van der Waals surface area contributed by atoms with Crippen LogP contribution in [0.1, 0.15) is 40.0 Å². The monoisotopic (exact) mass is 327 g/mol. The van der Waals surface area contributed by atoms with Crippen molar-refractivity contribution in [2.24, 2.45) is 11.8 Å². The van der Waals surface area contributed by atoms with Crippen molar-refractivity contribution in [2.45, 2.75) is 52.6 Å². The fourth-order valence-corrected chi connectivity index (χ4v) is 3.11. The Labute approximate surface area is 122 Å². The van der Waals surface area contributed by atoms with E-state index in [0.717, 1.165) is 30.4 Å². The summed E-state index contributed by atoms with van der Waals surface area (Å²) in [5.74, 6) is 1.53. The standard InChI is InChI=1S/C14H22BrN3O/c1-4-18-14(19)13(15)12(8-16-18)17-11-6-5-9(2)10(3)7-11/h8-11,17H,4-7H2,1-3H3. The summed E-state index contributed by atoms with van der Waals surface area (Å²) >= 11 is 3.39. The summed E-state index contributed by atoms with van der Waals surface area (Å²) in [6.07, 6.45) is 5.31. The number of nitrogens with one attached hydrogen (secondary N) is 1. The Hall–Kier alpha value is -0.840. The molecule has 0 bridgehead atoms. The molecular formula is C14H22BrN3O. The van der Waals surface area contributed by atoms with Gasteiger partial charge in [0.25, 0.3) is 5.56 Å². The van der Waals surface area contributed by atoms with Gasteiger partial charge in [-0.25, -0.2) is 4.68 Å². The molecule has 1 aromatic rings. The maximum atomic E-state index is 12.0. The van der Waals surface area contributed by atoms with Crippen molar-refractivity contribution in [3.8, 4) is 0 Å². The highest BCUT2D eigenvalue weighted by molar-refractivity contribution is 9.10. The Morgan fingerprint density at radius 1 is 1.42 bits per heavy atom. The van der Waals surface area contributed by atoms with Crippen molar-refractivity contribution in [1.29, 1.82) is 0 Å². The molecular weight excluding hydrogens is 306 g/mol. The summed E-state index contributed by atoms with van der Waals surface area (Å²) in [6.45, 7) is 7.13. The second-order valence-electron chi connectivity index (χ2n) is 5.60. The highest BCUT2D eigenvalue weighted by atomic mass is 79.9. The molecule has 0 aromatic carbocycles. The molecule has 3 atom stereocenters. The fraction of sp³-hybridized carbons (Fsp3) is 0.714. The number of hydrogen-bond donors (Lipinski definition) is 1. The molecule has 1 aromatic heterocycles. The van der Waals surface area contributed by atoms with Gasteiger partial charge in [0.15, 0.2) is 0 Å². The number of rotatable bonds is 3. The zero-order valence-corrected chi connectivity index (χ0v) is 13.4. The molecule has 4 nitrogen and oxygen atoms in total. The Morgan fingerprint density at radius 2 is 2.16 bits per heavy atom. The maximum absolute atomic E-state index is 12.0. The summed E-state index contributed by atoms with van der Waals surface area (Å²) in [5.41, 5.74) is 0.756. The van der Waals surface area contributed by atoms with E-state index < -0.39 is 0 Å². The molecule has 19 heavy (non-hydrogen) atoms. The molecule has 1 aliphatic carbocycles. The molecule has 1 saturated carbocycles. The van der Waals surface area contributed by atoms with Gasteiger partial charge in [-0.3, -0.25) is 4.79 Å². The first-order chi connectivity index (χ1) is 9.02. The summed E-state index contributed by atoms with van der Waals surface area (Å²) < 4.78 is 2.05. The number of aryl methyl sites for hydroxylation is 1. The third-order valence-electron chi connectivity index (χ3n) is 4.24. The highest BCUT2D eigenvalue weighted by Crippen LogP contribution is 2.31. The highest BCUT2D eigenvalue weighted by Gasteiger charge is 2.25. The predicted molar refractivity (Wildman–Crippen MR) is 81.5 cm³/mol. The van der Waals surface area contributed by atoms with Gasteiger partial charge < -0.3 is 5.32 Å². The van der Waals surface area contributed by atoms with Crippen LogP contribution in [0.4, 0.5) is 5.69 Å². The maximum Gasteiger partial charge on any atom is 0.283 e. The van der Waals surface area contributed by atoms with Crippen molar-refractivity contribution in [3.05, 3.63) is 21.0 Å². The first-order valence-electron chi connectivity index (χ1n) is 7.05. The first-order valence-corrected chi connectivity index (χ1v) is 7.84. The van der Waals surface area contributed by atoms with Crippen LogP contribution in [0.15, 0.2) is 15.5 Å². The van der Waals surface area contributed by atoms with Crippen LogP contribution < -0.4 is 10.9 Å². The summed E-state index contributed by atoms with van der Waals surface area (Å²) in [4.78, 5) is 12.0. The number of aromatic nitrogens is 2. The van der Waals surface area contributed by atoms with Gasteiger partial charge in [-0.15, -0.1) is 0 Å². The van der Waals surface area contributed by atoms with Gasteiger partial charge in [0.1, 0.15) is 4.47 Å². The molecule has 1 fully saturated rings. The van der Waals surface area contributed by atoms with E-state index >= 15 is 0 Å². The van der Waals surface area contributed by atoms with Gasteiger partial charge in [-0.2, -0.15) is 5.10 Å². The number of anilines is 1. The average molecular weight is 328 g/mol. The van der Waals surface area contributed by atoms with Gasteiger partial charge in [0, 0.05) is 12.6 Å². The smallest absolute Gasteiger partial charge is 0.283 e. The van der Waals surface area contributed by atoms with Crippen LogP contribution in [0.2, 0.25) is 0 Å². The van der Waals surface area contributed by atoms with Gasteiger partial charge in [0.05, 0.1) is 11.9 Å². The zero-order chi connectivity index (χ0) is 14.0. The van der Waals surface area contributed by atoms with Crippen molar-refractivity contribution >= 4 is 21.6 Å². The van der Waals surface area contributed by atoms with Crippen molar-refractivity contribution < 1.29 is 0 Å². The lowest BCUT2D eigenvalue weighted by molar-refractivity contribution is 0.261. The van der Waals surface area contributed by atoms with E-state index in [9.17, 15) is 4.79 Å². The molecule has 2 rings (SSSR count). The Balaban J connectivity index is 2.12. The first kappa shape index (κ1) is 14.6. The van der Waals surface area contributed by atoms with Crippen LogP contribution in [-0.2, 0) is 6.54 Å². The molecule has 1 aliphatic rings. The van der Waals surface area contributed by atoms with Gasteiger partial charge in [0.2, 0.25) is 0 Å². The van der Waals surface area contributed by atoms with E-state index in [4.69, 9.17) is 0 Å². The normalized spacial score (nSPS) is 27.3. The predicted octanol–water partition coefficient (Wildman–Crippen LogP) is 3.26. The SMILES string of the molecule is CCn1ncc(NC2CCC(C)C(C)C2)c(Br)c1=O. The van der Waals surface area contributed by atoms with E-state index in [2.05, 4.69) is 40.2 Å². The molecule has 1 N–H and O–H groups in total. The van der Waals surface area contributed by atoms with E-state index in [1.165, 1.54) is 11.1 Å². The van der Waals surface area contributed by atoms with Gasteiger partial charge in [-0.05, 0) is 54.0 Å². The van der Waals surface area contributed by atoms with Crippen LogP contribution in [0.3, 0.4) is 0 Å². The lowest BCUT2D eigenvalue weighted by atomic mass is 9.79. The second kappa shape index (κ2) is 6.07. The van der Waals surface area contributed by atoms with Crippen LogP contribution >= 0.6 is 15.9 Å². The number of nitrogens with zero attached hydrogens (tertiary/aromatic N) is 2. The van der Waals surface area contributed by atoms with E-state index in [1.807, 2.05) is 6.92 Å². The molecule has 0 amide bonds. The van der Waals surface area contributed by atoms with Crippen molar-refractivity contribution in [2.75, 3.05) is 5.32 Å².